The van der Waals surface area contributed by atoms with Gasteiger partial charge in [-0.25, -0.2) is 14.4 Å². The van der Waals surface area contributed by atoms with Crippen LogP contribution in [0.25, 0.3) is 0 Å². The quantitative estimate of drug-likeness (QED) is 0.909. The number of likely N-dealkylation sites (N-methyl/N-ethyl adjacent to an activating group) is 1. The van der Waals surface area contributed by atoms with Crippen LogP contribution in [0.3, 0.4) is 0 Å². The van der Waals surface area contributed by atoms with Crippen molar-refractivity contribution >= 4 is 23.3 Å². The number of anilines is 2. The zero-order valence-corrected chi connectivity index (χ0v) is 13.0. The average Bonchev–Trinajstić information content (AvgIpc) is 2.96. The topological polar surface area (TPSA) is 92.4 Å². The lowest BCUT2D eigenvalue weighted by atomic mass is 10.2. The van der Waals surface area contributed by atoms with Gasteiger partial charge >= 0.3 is 0 Å². The Balaban J connectivity index is 1.81. The molecule has 2 N–H and O–H groups in total. The molecule has 0 saturated carbocycles. The van der Waals surface area contributed by atoms with Crippen molar-refractivity contribution in [3.63, 3.8) is 0 Å². The maximum absolute atomic E-state index is 13.9. The summed E-state index contributed by atoms with van der Waals surface area (Å²) in [5.41, 5.74) is 5.87. The third-order valence-corrected chi connectivity index (χ3v) is 4.04. The maximum atomic E-state index is 13.9. The molecule has 1 aromatic heterocycles. The first kappa shape index (κ1) is 15.9. The summed E-state index contributed by atoms with van der Waals surface area (Å²) in [5, 5.41) is 0. The lowest BCUT2D eigenvalue weighted by Gasteiger charge is -2.24. The number of carbonyl (C=O) groups excluding carboxylic acids is 2. The van der Waals surface area contributed by atoms with Crippen LogP contribution in [-0.4, -0.2) is 46.3 Å². The highest BCUT2D eigenvalue weighted by molar-refractivity contribution is 6.04. The fraction of sp³-hybridized carbons (Fsp3) is 0.250. The van der Waals surface area contributed by atoms with E-state index in [-0.39, 0.29) is 23.1 Å². The Morgan fingerprint density at radius 3 is 2.75 bits per heavy atom. The maximum Gasteiger partial charge on any atom is 0.276 e. The monoisotopic (exact) mass is 329 g/mol. The lowest BCUT2D eigenvalue weighted by Crippen LogP contribution is -2.43. The molecule has 0 radical (unpaired) electrons. The van der Waals surface area contributed by atoms with Crippen LogP contribution in [0.1, 0.15) is 16.9 Å². The van der Waals surface area contributed by atoms with E-state index < -0.39 is 17.8 Å². The minimum atomic E-state index is -0.696. The molecule has 0 spiro atoms. The van der Waals surface area contributed by atoms with Crippen molar-refractivity contribution in [2.45, 2.75) is 12.5 Å². The second-order valence-corrected chi connectivity index (χ2v) is 5.45. The Morgan fingerprint density at radius 1 is 1.33 bits per heavy atom. The molecule has 1 aliphatic rings. The number of para-hydroxylation sites is 1. The van der Waals surface area contributed by atoms with Crippen molar-refractivity contribution in [1.82, 2.24) is 14.9 Å². The van der Waals surface area contributed by atoms with Gasteiger partial charge in [0.15, 0.2) is 11.5 Å². The van der Waals surface area contributed by atoms with Crippen molar-refractivity contribution in [3.05, 3.63) is 48.2 Å². The van der Waals surface area contributed by atoms with Crippen molar-refractivity contribution < 1.29 is 14.0 Å². The molecule has 0 aliphatic carbocycles. The molecule has 1 aromatic carbocycles. The standard InChI is InChI=1S/C16H16FN5O2/c1-21(16(24)13-14(18)20-8-7-19-13)12-6-9-22(15(12)23)11-5-3-2-4-10(11)17/h2-5,7-8,12H,6,9H2,1H3,(H2,18,20). The molecule has 7 nitrogen and oxygen atoms in total. The molecule has 1 aliphatic heterocycles. The molecular formula is C16H16FN5O2. The second-order valence-electron chi connectivity index (χ2n) is 5.45. The Hall–Kier alpha value is -3.03. The summed E-state index contributed by atoms with van der Waals surface area (Å²) < 4.78 is 13.9. The lowest BCUT2D eigenvalue weighted by molar-refractivity contribution is -0.120. The van der Waals surface area contributed by atoms with Gasteiger partial charge in [0.2, 0.25) is 5.91 Å². The summed E-state index contributed by atoms with van der Waals surface area (Å²) in [6.45, 7) is 0.331. The number of carbonyl (C=O) groups is 2. The van der Waals surface area contributed by atoms with E-state index >= 15 is 0 Å². The van der Waals surface area contributed by atoms with Crippen molar-refractivity contribution in [2.75, 3.05) is 24.2 Å². The van der Waals surface area contributed by atoms with Crippen LogP contribution >= 0.6 is 0 Å². The smallest absolute Gasteiger partial charge is 0.276 e. The first-order valence-corrected chi connectivity index (χ1v) is 7.40. The van der Waals surface area contributed by atoms with Crippen LogP contribution in [0.2, 0.25) is 0 Å². The Kier molecular flexibility index (Phi) is 4.11. The van der Waals surface area contributed by atoms with Gasteiger partial charge in [0.1, 0.15) is 11.9 Å². The third kappa shape index (κ3) is 2.66. The summed E-state index contributed by atoms with van der Waals surface area (Å²) in [4.78, 5) is 35.5. The van der Waals surface area contributed by atoms with Crippen LogP contribution < -0.4 is 10.6 Å². The molecule has 3 rings (SSSR count). The first-order valence-electron chi connectivity index (χ1n) is 7.40. The minimum Gasteiger partial charge on any atom is -0.382 e. The van der Waals surface area contributed by atoms with Gasteiger partial charge in [-0.05, 0) is 18.6 Å². The normalized spacial score (nSPS) is 17.2. The van der Waals surface area contributed by atoms with E-state index in [9.17, 15) is 14.0 Å². The van der Waals surface area contributed by atoms with Gasteiger partial charge in [0.25, 0.3) is 5.91 Å². The summed E-state index contributed by atoms with van der Waals surface area (Å²) >= 11 is 0. The van der Waals surface area contributed by atoms with Crippen LogP contribution in [0.4, 0.5) is 15.9 Å². The van der Waals surface area contributed by atoms with Crippen molar-refractivity contribution in [1.29, 1.82) is 0 Å². The fourth-order valence-corrected chi connectivity index (χ4v) is 2.76. The molecule has 0 bridgehead atoms. The molecular weight excluding hydrogens is 313 g/mol. The van der Waals surface area contributed by atoms with Gasteiger partial charge in [-0.3, -0.25) is 9.59 Å². The van der Waals surface area contributed by atoms with Gasteiger partial charge in [-0.2, -0.15) is 0 Å². The molecule has 1 fully saturated rings. The number of aromatic nitrogens is 2. The van der Waals surface area contributed by atoms with Gasteiger partial charge in [0.05, 0.1) is 5.69 Å². The van der Waals surface area contributed by atoms with E-state index in [1.807, 2.05) is 0 Å². The first-order chi connectivity index (χ1) is 11.5. The SMILES string of the molecule is CN(C(=O)c1nccnc1N)C1CCN(c2ccccc2F)C1=O. The number of halogens is 1. The summed E-state index contributed by atoms with van der Waals surface area (Å²) in [5.74, 6) is -1.29. The molecule has 1 atom stereocenters. The Morgan fingerprint density at radius 2 is 2.04 bits per heavy atom. The molecule has 1 saturated heterocycles. The average molecular weight is 329 g/mol. The number of nitrogens with two attached hydrogens (primary N) is 1. The van der Waals surface area contributed by atoms with Crippen molar-refractivity contribution in [3.8, 4) is 0 Å². The molecule has 1 unspecified atom stereocenters. The van der Waals surface area contributed by atoms with Crippen LogP contribution in [0, 0.1) is 5.82 Å². The summed E-state index contributed by atoms with van der Waals surface area (Å²) in [6, 6.07) is 5.36. The number of rotatable bonds is 3. The second kappa shape index (κ2) is 6.23. The number of hydrogen-bond donors (Lipinski definition) is 1. The number of nitrogen functional groups attached to an aromatic ring is 1. The third-order valence-electron chi connectivity index (χ3n) is 4.04. The molecule has 2 aromatic rings. The molecule has 124 valence electrons. The highest BCUT2D eigenvalue weighted by atomic mass is 19.1. The predicted molar refractivity (Wildman–Crippen MR) is 85.7 cm³/mol. The van der Waals surface area contributed by atoms with E-state index in [4.69, 9.17) is 5.73 Å². The van der Waals surface area contributed by atoms with E-state index in [0.29, 0.717) is 13.0 Å². The van der Waals surface area contributed by atoms with Gasteiger partial charge in [-0.1, -0.05) is 12.1 Å². The van der Waals surface area contributed by atoms with Crippen LogP contribution in [-0.2, 0) is 4.79 Å². The Bertz CT molecular complexity index is 798. The van der Waals surface area contributed by atoms with Crippen LogP contribution in [0.5, 0.6) is 0 Å². The zero-order valence-electron chi connectivity index (χ0n) is 13.0. The predicted octanol–water partition coefficient (Wildman–Crippen LogP) is 1.08. The number of nitrogens with zero attached hydrogens (tertiary/aromatic N) is 4. The highest BCUT2D eigenvalue weighted by Gasteiger charge is 2.38. The van der Waals surface area contributed by atoms with E-state index in [2.05, 4.69) is 9.97 Å². The van der Waals surface area contributed by atoms with E-state index in [1.54, 1.807) is 12.1 Å². The summed E-state index contributed by atoms with van der Waals surface area (Å²) in [6.07, 6.45) is 3.14. The molecule has 24 heavy (non-hydrogen) atoms. The van der Waals surface area contributed by atoms with Crippen LogP contribution in [0.15, 0.2) is 36.7 Å². The van der Waals surface area contributed by atoms with Gasteiger partial charge in [0, 0.05) is 26.0 Å². The van der Waals surface area contributed by atoms with Crippen molar-refractivity contribution in [2.24, 2.45) is 0 Å². The highest BCUT2D eigenvalue weighted by Crippen LogP contribution is 2.26. The van der Waals surface area contributed by atoms with E-state index in [0.717, 1.165) is 0 Å². The minimum absolute atomic E-state index is 0.00265. The molecule has 8 heteroatoms. The Labute approximate surface area is 137 Å². The fourth-order valence-electron chi connectivity index (χ4n) is 2.76. The number of hydrogen-bond acceptors (Lipinski definition) is 5. The van der Waals surface area contributed by atoms with Gasteiger partial charge in [-0.15, -0.1) is 0 Å². The molecule has 2 amide bonds. The zero-order chi connectivity index (χ0) is 17.3. The van der Waals surface area contributed by atoms with E-state index in [1.165, 1.54) is 41.4 Å². The molecule has 2 heterocycles. The number of benzene rings is 1. The van der Waals surface area contributed by atoms with Gasteiger partial charge < -0.3 is 15.5 Å². The number of amides is 2. The largest absolute Gasteiger partial charge is 0.382 e. The summed E-state index contributed by atoms with van der Waals surface area (Å²) in [7, 11) is 1.50.